The maximum absolute atomic E-state index is 9.00. The van der Waals surface area contributed by atoms with Gasteiger partial charge >= 0.3 is 0 Å². The first-order valence-corrected chi connectivity index (χ1v) is 6.51. The van der Waals surface area contributed by atoms with Crippen molar-refractivity contribution >= 4 is 11.6 Å². The van der Waals surface area contributed by atoms with E-state index in [2.05, 4.69) is 15.4 Å². The van der Waals surface area contributed by atoms with Crippen molar-refractivity contribution in [2.24, 2.45) is 0 Å². The van der Waals surface area contributed by atoms with Gasteiger partial charge in [0.1, 0.15) is 0 Å². The van der Waals surface area contributed by atoms with Gasteiger partial charge in [-0.2, -0.15) is 4.98 Å². The second-order valence-electron chi connectivity index (χ2n) is 4.70. The van der Waals surface area contributed by atoms with Crippen LogP contribution in [0.25, 0.3) is 5.65 Å². The highest BCUT2D eigenvalue weighted by Crippen LogP contribution is 2.10. The molecular weight excluding hydrogens is 252 g/mol. The summed E-state index contributed by atoms with van der Waals surface area (Å²) in [7, 11) is 0. The van der Waals surface area contributed by atoms with Crippen LogP contribution in [0.4, 0.5) is 5.95 Å². The summed E-state index contributed by atoms with van der Waals surface area (Å²) in [4.78, 5) is 4.42. The van der Waals surface area contributed by atoms with Gasteiger partial charge in [-0.15, -0.1) is 5.10 Å². The standard InChI is InChI=1S/C15H16N4O/c1-11-3-2-4-14-17-15(18-19(11)14)16-9-12-5-7-13(10-20)8-6-12/h2-8,20H,9-10H2,1H3,(H,16,18). The van der Waals surface area contributed by atoms with E-state index in [9.17, 15) is 0 Å². The van der Waals surface area contributed by atoms with Crippen LogP contribution in [0.2, 0.25) is 0 Å². The number of nitrogens with zero attached hydrogens (tertiary/aromatic N) is 3. The number of rotatable bonds is 4. The third kappa shape index (κ3) is 2.48. The molecule has 3 rings (SSSR count). The lowest BCUT2D eigenvalue weighted by Crippen LogP contribution is -2.01. The summed E-state index contributed by atoms with van der Waals surface area (Å²) in [5.74, 6) is 0.616. The van der Waals surface area contributed by atoms with E-state index in [1.165, 1.54) is 0 Å². The molecule has 2 aromatic heterocycles. The normalized spacial score (nSPS) is 10.9. The van der Waals surface area contributed by atoms with Gasteiger partial charge in [-0.25, -0.2) is 4.52 Å². The van der Waals surface area contributed by atoms with E-state index in [-0.39, 0.29) is 6.61 Å². The Morgan fingerprint density at radius 2 is 1.85 bits per heavy atom. The van der Waals surface area contributed by atoms with Gasteiger partial charge < -0.3 is 10.4 Å². The van der Waals surface area contributed by atoms with Crippen LogP contribution < -0.4 is 5.32 Å². The molecule has 20 heavy (non-hydrogen) atoms. The first kappa shape index (κ1) is 12.6. The molecule has 2 N–H and O–H groups in total. The molecule has 102 valence electrons. The van der Waals surface area contributed by atoms with Crippen LogP contribution in [0.3, 0.4) is 0 Å². The van der Waals surface area contributed by atoms with Crippen molar-refractivity contribution in [3.8, 4) is 0 Å². The fourth-order valence-electron chi connectivity index (χ4n) is 2.05. The van der Waals surface area contributed by atoms with Crippen LogP contribution in [-0.4, -0.2) is 19.7 Å². The second kappa shape index (κ2) is 5.30. The number of pyridine rings is 1. The third-order valence-electron chi connectivity index (χ3n) is 3.21. The smallest absolute Gasteiger partial charge is 0.243 e. The molecule has 0 radical (unpaired) electrons. The monoisotopic (exact) mass is 268 g/mol. The lowest BCUT2D eigenvalue weighted by molar-refractivity contribution is 0.282. The van der Waals surface area contributed by atoms with Crippen LogP contribution in [0, 0.1) is 6.92 Å². The number of nitrogens with one attached hydrogen (secondary N) is 1. The zero-order valence-electron chi connectivity index (χ0n) is 11.2. The van der Waals surface area contributed by atoms with E-state index in [1.807, 2.05) is 53.9 Å². The molecule has 0 saturated heterocycles. The molecule has 0 aliphatic rings. The highest BCUT2D eigenvalue weighted by atomic mass is 16.3. The molecule has 0 amide bonds. The van der Waals surface area contributed by atoms with E-state index in [0.29, 0.717) is 12.5 Å². The van der Waals surface area contributed by atoms with Gasteiger partial charge in [0.05, 0.1) is 6.61 Å². The first-order chi connectivity index (χ1) is 9.76. The van der Waals surface area contributed by atoms with Crippen LogP contribution in [0.1, 0.15) is 16.8 Å². The van der Waals surface area contributed by atoms with Crippen LogP contribution in [-0.2, 0) is 13.2 Å². The number of hydrogen-bond acceptors (Lipinski definition) is 4. The molecule has 0 aliphatic heterocycles. The van der Waals surface area contributed by atoms with Crippen LogP contribution >= 0.6 is 0 Å². The minimum absolute atomic E-state index is 0.0704. The molecule has 5 heteroatoms. The van der Waals surface area contributed by atoms with Crippen molar-refractivity contribution in [1.29, 1.82) is 0 Å². The van der Waals surface area contributed by atoms with Gasteiger partial charge in [-0.1, -0.05) is 30.3 Å². The van der Waals surface area contributed by atoms with Gasteiger partial charge in [-0.05, 0) is 30.2 Å². The lowest BCUT2D eigenvalue weighted by Gasteiger charge is -2.03. The van der Waals surface area contributed by atoms with Crippen molar-refractivity contribution in [2.45, 2.75) is 20.1 Å². The summed E-state index contributed by atoms with van der Waals surface area (Å²) in [5.41, 5.74) is 3.92. The highest BCUT2D eigenvalue weighted by Gasteiger charge is 2.04. The summed E-state index contributed by atoms with van der Waals surface area (Å²) in [6.07, 6.45) is 0. The van der Waals surface area contributed by atoms with Crippen molar-refractivity contribution in [3.05, 3.63) is 59.3 Å². The Hall–Kier alpha value is -2.40. The molecule has 5 nitrogen and oxygen atoms in total. The van der Waals surface area contributed by atoms with Crippen molar-refractivity contribution in [2.75, 3.05) is 5.32 Å². The zero-order chi connectivity index (χ0) is 13.9. The lowest BCUT2D eigenvalue weighted by atomic mass is 10.1. The fraction of sp³-hybridized carbons (Fsp3) is 0.200. The summed E-state index contributed by atoms with van der Waals surface area (Å²) in [6.45, 7) is 2.72. The molecule has 2 heterocycles. The molecule has 0 fully saturated rings. The van der Waals surface area contributed by atoms with Crippen molar-refractivity contribution < 1.29 is 5.11 Å². The molecule has 0 bridgehead atoms. The van der Waals surface area contributed by atoms with Crippen LogP contribution in [0.15, 0.2) is 42.5 Å². The van der Waals surface area contributed by atoms with Gasteiger partial charge in [0.2, 0.25) is 5.95 Å². The summed E-state index contributed by atoms with van der Waals surface area (Å²) in [5, 5.41) is 16.6. The number of fused-ring (bicyclic) bond motifs is 1. The Balaban J connectivity index is 1.74. The average Bonchev–Trinajstić information content (AvgIpc) is 2.90. The molecular formula is C15H16N4O. The van der Waals surface area contributed by atoms with E-state index in [4.69, 9.17) is 5.11 Å². The highest BCUT2D eigenvalue weighted by molar-refractivity contribution is 5.44. The molecule has 0 aliphatic carbocycles. The SMILES string of the molecule is Cc1cccc2nc(NCc3ccc(CO)cc3)nn12. The molecule has 0 saturated carbocycles. The first-order valence-electron chi connectivity index (χ1n) is 6.51. The molecule has 0 unspecified atom stereocenters. The van der Waals surface area contributed by atoms with E-state index in [0.717, 1.165) is 22.5 Å². The Bertz CT molecular complexity index is 718. The quantitative estimate of drug-likeness (QED) is 0.761. The van der Waals surface area contributed by atoms with Gasteiger partial charge in [0, 0.05) is 12.2 Å². The van der Waals surface area contributed by atoms with Gasteiger partial charge in [0.15, 0.2) is 5.65 Å². The summed E-state index contributed by atoms with van der Waals surface area (Å²) in [6, 6.07) is 13.7. The molecule has 1 aromatic carbocycles. The maximum Gasteiger partial charge on any atom is 0.243 e. The summed E-state index contributed by atoms with van der Waals surface area (Å²) < 4.78 is 1.82. The van der Waals surface area contributed by atoms with Crippen molar-refractivity contribution in [1.82, 2.24) is 14.6 Å². The molecule has 0 spiro atoms. The predicted octanol–water partition coefficient (Wildman–Crippen LogP) is 2.14. The van der Waals surface area contributed by atoms with E-state index >= 15 is 0 Å². The van der Waals surface area contributed by atoms with E-state index in [1.54, 1.807) is 0 Å². The number of benzene rings is 1. The number of aliphatic hydroxyl groups is 1. The topological polar surface area (TPSA) is 62.5 Å². The Morgan fingerprint density at radius 1 is 1.10 bits per heavy atom. The fourth-order valence-corrected chi connectivity index (χ4v) is 2.05. The maximum atomic E-state index is 9.00. The number of aryl methyl sites for hydroxylation is 1. The third-order valence-corrected chi connectivity index (χ3v) is 3.21. The van der Waals surface area contributed by atoms with Gasteiger partial charge in [0.25, 0.3) is 0 Å². The van der Waals surface area contributed by atoms with Crippen molar-refractivity contribution in [3.63, 3.8) is 0 Å². The van der Waals surface area contributed by atoms with E-state index < -0.39 is 0 Å². The molecule has 0 atom stereocenters. The second-order valence-corrected chi connectivity index (χ2v) is 4.70. The number of hydrogen-bond donors (Lipinski definition) is 2. The Morgan fingerprint density at radius 3 is 2.55 bits per heavy atom. The minimum Gasteiger partial charge on any atom is -0.392 e. The number of aliphatic hydroxyl groups excluding tert-OH is 1. The zero-order valence-corrected chi connectivity index (χ0v) is 11.2. The average molecular weight is 268 g/mol. The Labute approximate surface area is 116 Å². The largest absolute Gasteiger partial charge is 0.392 e. The van der Waals surface area contributed by atoms with Crippen LogP contribution in [0.5, 0.6) is 0 Å². The predicted molar refractivity (Wildman–Crippen MR) is 77.4 cm³/mol. The van der Waals surface area contributed by atoms with Gasteiger partial charge in [-0.3, -0.25) is 0 Å². The number of anilines is 1. The Kier molecular flexibility index (Phi) is 3.35. The molecule has 3 aromatic rings. The minimum atomic E-state index is 0.0704. The summed E-state index contributed by atoms with van der Waals surface area (Å²) >= 11 is 0. The number of aromatic nitrogens is 3.